The van der Waals surface area contributed by atoms with Crippen LogP contribution in [0.2, 0.25) is 0 Å². The molecule has 1 saturated heterocycles. The van der Waals surface area contributed by atoms with Crippen LogP contribution in [0.4, 0.5) is 0 Å². The molecule has 7 heteroatoms. The first-order valence-electron chi connectivity index (χ1n) is 6.66. The van der Waals surface area contributed by atoms with Gasteiger partial charge in [0.1, 0.15) is 0 Å². The molecule has 20 heavy (non-hydrogen) atoms. The van der Waals surface area contributed by atoms with E-state index in [0.29, 0.717) is 13.0 Å². The molecule has 1 aliphatic heterocycles. The fourth-order valence-electron chi connectivity index (χ4n) is 2.27. The van der Waals surface area contributed by atoms with Crippen LogP contribution in [0.1, 0.15) is 18.7 Å². The highest BCUT2D eigenvalue weighted by molar-refractivity contribution is 5.78. The number of rotatable bonds is 5. The quantitative estimate of drug-likeness (QED) is 0.802. The molecule has 104 valence electrons. The average Bonchev–Trinajstić information content (AvgIpc) is 3.09. The molecule has 3 rings (SSSR count). The van der Waals surface area contributed by atoms with Gasteiger partial charge >= 0.3 is 0 Å². The molecular weight excluding hydrogens is 256 g/mol. The van der Waals surface area contributed by atoms with Gasteiger partial charge < -0.3 is 10.6 Å². The zero-order valence-electron chi connectivity index (χ0n) is 11.0. The summed E-state index contributed by atoms with van der Waals surface area (Å²) in [7, 11) is 0. The van der Waals surface area contributed by atoms with Crippen molar-refractivity contribution in [2.45, 2.75) is 25.4 Å². The number of carbonyl (C=O) groups is 1. The van der Waals surface area contributed by atoms with Gasteiger partial charge in [0.2, 0.25) is 5.91 Å². The summed E-state index contributed by atoms with van der Waals surface area (Å²) in [6, 6.07) is 9.97. The van der Waals surface area contributed by atoms with Gasteiger partial charge in [0, 0.05) is 19.0 Å². The summed E-state index contributed by atoms with van der Waals surface area (Å²) in [5.74, 6) is 0.881. The molecule has 0 spiro atoms. The number of hydrogen-bond acceptors (Lipinski definition) is 5. The summed E-state index contributed by atoms with van der Waals surface area (Å²) in [5, 5.41) is 17.9. The van der Waals surface area contributed by atoms with E-state index >= 15 is 0 Å². The van der Waals surface area contributed by atoms with Crippen molar-refractivity contribution >= 4 is 5.91 Å². The molecule has 2 N–H and O–H groups in total. The third-order valence-electron chi connectivity index (χ3n) is 3.29. The molecule has 1 amide bonds. The van der Waals surface area contributed by atoms with E-state index in [1.807, 2.05) is 30.3 Å². The molecule has 2 heterocycles. The van der Waals surface area contributed by atoms with E-state index in [1.54, 1.807) is 4.68 Å². The van der Waals surface area contributed by atoms with E-state index in [0.717, 1.165) is 24.5 Å². The van der Waals surface area contributed by atoms with E-state index < -0.39 is 0 Å². The fraction of sp³-hybridized carbons (Fsp3) is 0.385. The number of para-hydroxylation sites is 1. The number of aromatic nitrogens is 4. The van der Waals surface area contributed by atoms with Gasteiger partial charge in [-0.05, 0) is 29.0 Å². The molecule has 1 aliphatic rings. The number of nitrogens with one attached hydrogen (secondary N) is 2. The van der Waals surface area contributed by atoms with Gasteiger partial charge in [0.15, 0.2) is 5.82 Å². The van der Waals surface area contributed by atoms with Crippen molar-refractivity contribution < 1.29 is 4.79 Å². The number of amides is 1. The molecule has 0 bridgehead atoms. The Balaban J connectivity index is 1.59. The second-order valence-corrected chi connectivity index (χ2v) is 4.78. The van der Waals surface area contributed by atoms with Crippen LogP contribution in [0.15, 0.2) is 30.3 Å². The monoisotopic (exact) mass is 272 g/mol. The van der Waals surface area contributed by atoms with Crippen LogP contribution < -0.4 is 10.6 Å². The standard InChI is InChI=1S/C13H16N6O/c20-13-7-6-10(15-13)8-14-9-12-16-17-18-19(12)11-4-2-1-3-5-11/h1-5,10,14H,6-9H2,(H,15,20). The lowest BCUT2D eigenvalue weighted by molar-refractivity contribution is -0.119. The SMILES string of the molecule is O=C1CCC(CNCc2nnnn2-c2ccccc2)N1. The van der Waals surface area contributed by atoms with Crippen molar-refractivity contribution in [3.8, 4) is 5.69 Å². The van der Waals surface area contributed by atoms with Gasteiger partial charge in [-0.25, -0.2) is 0 Å². The first-order chi connectivity index (χ1) is 9.83. The van der Waals surface area contributed by atoms with E-state index in [4.69, 9.17) is 0 Å². The smallest absolute Gasteiger partial charge is 0.220 e. The first-order valence-corrected chi connectivity index (χ1v) is 6.66. The van der Waals surface area contributed by atoms with Crippen molar-refractivity contribution in [1.29, 1.82) is 0 Å². The summed E-state index contributed by atoms with van der Waals surface area (Å²) in [6.07, 6.45) is 1.50. The molecule has 1 aromatic heterocycles. The Morgan fingerprint density at radius 2 is 2.20 bits per heavy atom. The van der Waals surface area contributed by atoms with E-state index in [-0.39, 0.29) is 11.9 Å². The second kappa shape index (κ2) is 5.79. The highest BCUT2D eigenvalue weighted by Gasteiger charge is 2.20. The molecule has 1 atom stereocenters. The van der Waals surface area contributed by atoms with E-state index in [9.17, 15) is 4.79 Å². The van der Waals surface area contributed by atoms with Crippen LogP contribution in [-0.4, -0.2) is 38.7 Å². The summed E-state index contributed by atoms with van der Waals surface area (Å²) in [4.78, 5) is 11.1. The number of tetrazole rings is 1. The number of hydrogen-bond donors (Lipinski definition) is 2. The lowest BCUT2D eigenvalue weighted by Gasteiger charge is -2.11. The van der Waals surface area contributed by atoms with Crippen LogP contribution >= 0.6 is 0 Å². The zero-order chi connectivity index (χ0) is 13.8. The Morgan fingerprint density at radius 1 is 1.35 bits per heavy atom. The normalized spacial score (nSPS) is 18.2. The van der Waals surface area contributed by atoms with Crippen molar-refractivity contribution in [3.63, 3.8) is 0 Å². The highest BCUT2D eigenvalue weighted by Crippen LogP contribution is 2.08. The summed E-state index contributed by atoms with van der Waals surface area (Å²) >= 11 is 0. The van der Waals surface area contributed by atoms with Crippen LogP contribution in [0, 0.1) is 0 Å². The van der Waals surface area contributed by atoms with Gasteiger partial charge in [0.05, 0.1) is 12.2 Å². The van der Waals surface area contributed by atoms with Gasteiger partial charge in [-0.3, -0.25) is 4.79 Å². The molecule has 0 aliphatic carbocycles. The van der Waals surface area contributed by atoms with Crippen LogP contribution in [0.3, 0.4) is 0 Å². The fourth-order valence-corrected chi connectivity index (χ4v) is 2.27. The summed E-state index contributed by atoms with van der Waals surface area (Å²) in [6.45, 7) is 1.29. The average molecular weight is 272 g/mol. The van der Waals surface area contributed by atoms with Crippen molar-refractivity contribution in [3.05, 3.63) is 36.2 Å². The topological polar surface area (TPSA) is 84.7 Å². The van der Waals surface area contributed by atoms with Crippen LogP contribution in [-0.2, 0) is 11.3 Å². The van der Waals surface area contributed by atoms with Gasteiger partial charge in [0.25, 0.3) is 0 Å². The predicted octanol–water partition coefficient (Wildman–Crippen LogP) is 0.0305. The van der Waals surface area contributed by atoms with Crippen molar-refractivity contribution in [2.75, 3.05) is 6.54 Å². The second-order valence-electron chi connectivity index (χ2n) is 4.78. The number of benzene rings is 1. The summed E-state index contributed by atoms with van der Waals surface area (Å²) < 4.78 is 1.71. The van der Waals surface area contributed by atoms with Gasteiger partial charge in [-0.1, -0.05) is 18.2 Å². The number of nitrogens with zero attached hydrogens (tertiary/aromatic N) is 4. The van der Waals surface area contributed by atoms with Gasteiger partial charge in [-0.2, -0.15) is 4.68 Å². The van der Waals surface area contributed by atoms with Crippen LogP contribution in [0.5, 0.6) is 0 Å². The molecule has 2 aromatic rings. The van der Waals surface area contributed by atoms with Crippen molar-refractivity contribution in [2.24, 2.45) is 0 Å². The lowest BCUT2D eigenvalue weighted by atomic mass is 10.2. The maximum Gasteiger partial charge on any atom is 0.220 e. The first kappa shape index (κ1) is 12.7. The molecule has 7 nitrogen and oxygen atoms in total. The largest absolute Gasteiger partial charge is 0.352 e. The van der Waals surface area contributed by atoms with Gasteiger partial charge in [-0.15, -0.1) is 5.10 Å². The zero-order valence-corrected chi connectivity index (χ0v) is 11.0. The maximum atomic E-state index is 11.1. The van der Waals surface area contributed by atoms with Crippen molar-refractivity contribution in [1.82, 2.24) is 30.8 Å². The molecule has 0 saturated carbocycles. The Labute approximate surface area is 116 Å². The molecule has 0 radical (unpaired) electrons. The minimum atomic E-state index is 0.130. The molecule has 1 unspecified atom stereocenters. The Bertz CT molecular complexity index is 582. The molecule has 1 fully saturated rings. The summed E-state index contributed by atoms with van der Waals surface area (Å²) in [5.41, 5.74) is 0.934. The third kappa shape index (κ3) is 2.83. The molecular formula is C13H16N6O. The predicted molar refractivity (Wildman–Crippen MR) is 72.0 cm³/mol. The Hall–Kier alpha value is -2.28. The lowest BCUT2D eigenvalue weighted by Crippen LogP contribution is -2.35. The number of carbonyl (C=O) groups excluding carboxylic acids is 1. The Kier molecular flexibility index (Phi) is 3.69. The van der Waals surface area contributed by atoms with E-state index in [1.165, 1.54) is 0 Å². The Morgan fingerprint density at radius 3 is 2.95 bits per heavy atom. The minimum absolute atomic E-state index is 0.130. The highest BCUT2D eigenvalue weighted by atomic mass is 16.1. The maximum absolute atomic E-state index is 11.1. The third-order valence-corrected chi connectivity index (χ3v) is 3.29. The molecule has 1 aromatic carbocycles. The minimum Gasteiger partial charge on any atom is -0.352 e. The van der Waals surface area contributed by atoms with E-state index in [2.05, 4.69) is 26.2 Å². The van der Waals surface area contributed by atoms with Crippen LogP contribution in [0.25, 0.3) is 5.69 Å².